The van der Waals surface area contributed by atoms with Crippen molar-refractivity contribution in [1.29, 1.82) is 5.41 Å². The summed E-state index contributed by atoms with van der Waals surface area (Å²) in [6.07, 6.45) is 1.13. The number of methoxy groups -OCH3 is 1. The van der Waals surface area contributed by atoms with Crippen LogP contribution in [0.2, 0.25) is 0 Å². The third-order valence-corrected chi connectivity index (χ3v) is 4.87. The van der Waals surface area contributed by atoms with E-state index in [2.05, 4.69) is 16.3 Å². The van der Waals surface area contributed by atoms with Crippen LogP contribution in [-0.2, 0) is 19.5 Å². The maximum absolute atomic E-state index is 7.55. The van der Waals surface area contributed by atoms with Crippen molar-refractivity contribution in [3.8, 4) is 5.75 Å². The Morgan fingerprint density at radius 3 is 3.05 bits per heavy atom. The average molecular weight is 301 g/mol. The Morgan fingerprint density at radius 2 is 2.29 bits per heavy atom. The fourth-order valence-corrected chi connectivity index (χ4v) is 3.65. The SMILES string of the molecule is COc1cc(CN2CCc3sccc3C2)ccc1C(=N)N. The quantitative estimate of drug-likeness (QED) is 0.674. The topological polar surface area (TPSA) is 62.3 Å². The molecule has 21 heavy (non-hydrogen) atoms. The molecule has 4 nitrogen and oxygen atoms in total. The summed E-state index contributed by atoms with van der Waals surface area (Å²) in [5.74, 6) is 0.715. The van der Waals surface area contributed by atoms with E-state index in [-0.39, 0.29) is 5.84 Å². The Labute approximate surface area is 128 Å². The lowest BCUT2D eigenvalue weighted by molar-refractivity contribution is 0.247. The van der Waals surface area contributed by atoms with Crippen molar-refractivity contribution < 1.29 is 4.74 Å². The van der Waals surface area contributed by atoms with Crippen LogP contribution in [-0.4, -0.2) is 24.4 Å². The molecule has 0 atom stereocenters. The van der Waals surface area contributed by atoms with Gasteiger partial charge in [0.05, 0.1) is 12.7 Å². The van der Waals surface area contributed by atoms with E-state index >= 15 is 0 Å². The molecule has 2 heterocycles. The highest BCUT2D eigenvalue weighted by Gasteiger charge is 2.17. The van der Waals surface area contributed by atoms with Crippen LogP contribution in [0.4, 0.5) is 0 Å². The Bertz CT molecular complexity index is 665. The van der Waals surface area contributed by atoms with Crippen LogP contribution >= 0.6 is 11.3 Å². The van der Waals surface area contributed by atoms with E-state index in [0.29, 0.717) is 11.3 Å². The van der Waals surface area contributed by atoms with E-state index in [4.69, 9.17) is 15.9 Å². The third kappa shape index (κ3) is 2.94. The molecule has 0 radical (unpaired) electrons. The molecule has 1 aromatic heterocycles. The number of rotatable bonds is 4. The molecule has 0 unspecified atom stereocenters. The number of nitrogens with two attached hydrogens (primary N) is 1. The molecular formula is C16H19N3OS. The zero-order chi connectivity index (χ0) is 14.8. The minimum atomic E-state index is 0.0410. The molecule has 1 aliphatic heterocycles. The van der Waals surface area contributed by atoms with E-state index in [0.717, 1.165) is 26.1 Å². The second-order valence-corrected chi connectivity index (χ2v) is 6.28. The molecule has 2 aromatic rings. The summed E-state index contributed by atoms with van der Waals surface area (Å²) in [5, 5.41) is 9.73. The maximum atomic E-state index is 7.55. The summed E-state index contributed by atoms with van der Waals surface area (Å²) >= 11 is 1.86. The summed E-state index contributed by atoms with van der Waals surface area (Å²) in [6.45, 7) is 2.99. The molecule has 0 fully saturated rings. The van der Waals surface area contributed by atoms with Crippen molar-refractivity contribution in [3.63, 3.8) is 0 Å². The van der Waals surface area contributed by atoms with Gasteiger partial charge in [-0.1, -0.05) is 6.07 Å². The Hall–Kier alpha value is -1.85. The van der Waals surface area contributed by atoms with Crippen LogP contribution < -0.4 is 10.5 Å². The molecule has 1 aromatic carbocycles. The summed E-state index contributed by atoms with van der Waals surface area (Å²) in [4.78, 5) is 3.97. The second-order valence-electron chi connectivity index (χ2n) is 5.28. The molecule has 1 aliphatic rings. The molecule has 0 aliphatic carbocycles. The zero-order valence-corrected chi connectivity index (χ0v) is 12.9. The van der Waals surface area contributed by atoms with Crippen LogP contribution in [0.5, 0.6) is 5.75 Å². The number of benzene rings is 1. The van der Waals surface area contributed by atoms with Crippen molar-refractivity contribution in [2.24, 2.45) is 5.73 Å². The fraction of sp³-hybridized carbons (Fsp3) is 0.312. The first-order chi connectivity index (χ1) is 10.2. The first kappa shape index (κ1) is 14.1. The fourth-order valence-electron chi connectivity index (χ4n) is 2.76. The maximum Gasteiger partial charge on any atom is 0.130 e. The van der Waals surface area contributed by atoms with Gasteiger partial charge in [0.25, 0.3) is 0 Å². The predicted molar refractivity (Wildman–Crippen MR) is 86.1 cm³/mol. The first-order valence-corrected chi connectivity index (χ1v) is 7.84. The number of nitrogen functional groups attached to an aromatic ring is 1. The van der Waals surface area contributed by atoms with Crippen molar-refractivity contribution in [3.05, 3.63) is 51.2 Å². The number of hydrogen-bond acceptors (Lipinski definition) is 4. The van der Waals surface area contributed by atoms with Crippen LogP contribution in [0.25, 0.3) is 0 Å². The van der Waals surface area contributed by atoms with E-state index in [9.17, 15) is 0 Å². The molecule has 0 bridgehead atoms. The van der Waals surface area contributed by atoms with Crippen molar-refractivity contribution in [2.75, 3.05) is 13.7 Å². The van der Waals surface area contributed by atoms with Gasteiger partial charge in [0, 0.05) is 24.5 Å². The average Bonchev–Trinajstić information content (AvgIpc) is 2.94. The van der Waals surface area contributed by atoms with Gasteiger partial charge in [-0.3, -0.25) is 10.3 Å². The Kier molecular flexibility index (Phi) is 3.94. The molecule has 3 N–H and O–H groups in total. The number of amidine groups is 1. The highest BCUT2D eigenvalue weighted by molar-refractivity contribution is 7.10. The molecule has 0 spiro atoms. The van der Waals surface area contributed by atoms with Gasteiger partial charge in [0.2, 0.25) is 0 Å². The van der Waals surface area contributed by atoms with Crippen molar-refractivity contribution in [2.45, 2.75) is 19.5 Å². The monoisotopic (exact) mass is 301 g/mol. The number of fused-ring (bicyclic) bond motifs is 1. The van der Waals surface area contributed by atoms with E-state index in [1.165, 1.54) is 16.0 Å². The van der Waals surface area contributed by atoms with Gasteiger partial charge in [0.1, 0.15) is 11.6 Å². The summed E-state index contributed by atoms with van der Waals surface area (Å²) in [6, 6.07) is 8.12. The van der Waals surface area contributed by atoms with Gasteiger partial charge < -0.3 is 10.5 Å². The lowest BCUT2D eigenvalue weighted by Gasteiger charge is -2.27. The minimum absolute atomic E-state index is 0.0410. The minimum Gasteiger partial charge on any atom is -0.496 e. The number of ether oxygens (including phenoxy) is 1. The zero-order valence-electron chi connectivity index (χ0n) is 12.1. The highest BCUT2D eigenvalue weighted by atomic mass is 32.1. The second kappa shape index (κ2) is 5.87. The molecule has 5 heteroatoms. The first-order valence-electron chi connectivity index (χ1n) is 6.96. The van der Waals surface area contributed by atoms with Gasteiger partial charge in [0.15, 0.2) is 0 Å². The number of nitrogens with zero attached hydrogens (tertiary/aromatic N) is 1. The smallest absolute Gasteiger partial charge is 0.130 e. The van der Waals surface area contributed by atoms with Gasteiger partial charge in [-0.05, 0) is 41.1 Å². The predicted octanol–water partition coefficient (Wildman–Crippen LogP) is 2.60. The van der Waals surface area contributed by atoms with Crippen molar-refractivity contribution >= 4 is 17.2 Å². The summed E-state index contributed by atoms with van der Waals surface area (Å²) in [5.41, 5.74) is 8.86. The van der Waals surface area contributed by atoms with Crippen LogP contribution in [0.3, 0.4) is 0 Å². The lowest BCUT2D eigenvalue weighted by atomic mass is 10.1. The van der Waals surface area contributed by atoms with Crippen LogP contribution in [0.1, 0.15) is 21.6 Å². The third-order valence-electron chi connectivity index (χ3n) is 3.85. The van der Waals surface area contributed by atoms with E-state index < -0.39 is 0 Å². The molecule has 0 saturated carbocycles. The molecule has 110 valence electrons. The van der Waals surface area contributed by atoms with Crippen LogP contribution in [0.15, 0.2) is 29.6 Å². The Morgan fingerprint density at radius 1 is 1.43 bits per heavy atom. The Balaban J connectivity index is 1.75. The van der Waals surface area contributed by atoms with Gasteiger partial charge in [-0.25, -0.2) is 0 Å². The van der Waals surface area contributed by atoms with Gasteiger partial charge >= 0.3 is 0 Å². The largest absolute Gasteiger partial charge is 0.496 e. The van der Waals surface area contributed by atoms with E-state index in [1.807, 2.05) is 29.5 Å². The summed E-state index contributed by atoms with van der Waals surface area (Å²) in [7, 11) is 1.62. The number of hydrogen-bond donors (Lipinski definition) is 2. The normalized spacial score (nSPS) is 14.7. The highest BCUT2D eigenvalue weighted by Crippen LogP contribution is 2.26. The summed E-state index contributed by atoms with van der Waals surface area (Å²) < 4.78 is 5.34. The number of nitrogens with one attached hydrogen (secondary N) is 1. The van der Waals surface area contributed by atoms with Gasteiger partial charge in [-0.15, -0.1) is 11.3 Å². The standard InChI is InChI=1S/C16H19N3OS/c1-20-14-8-11(2-3-13(14)16(17)18)9-19-6-4-15-12(10-19)5-7-21-15/h2-3,5,7-8H,4,6,9-10H2,1H3,(H3,17,18). The molecule has 0 saturated heterocycles. The van der Waals surface area contributed by atoms with Crippen LogP contribution in [0, 0.1) is 5.41 Å². The molecule has 0 amide bonds. The van der Waals surface area contributed by atoms with E-state index in [1.54, 1.807) is 7.11 Å². The lowest BCUT2D eigenvalue weighted by Crippen LogP contribution is -2.29. The number of thiophene rings is 1. The molecular weight excluding hydrogens is 282 g/mol. The van der Waals surface area contributed by atoms with Crippen molar-refractivity contribution in [1.82, 2.24) is 4.90 Å². The van der Waals surface area contributed by atoms with Gasteiger partial charge in [-0.2, -0.15) is 0 Å². The molecule has 3 rings (SSSR count).